The van der Waals surface area contributed by atoms with Gasteiger partial charge in [0, 0.05) is 23.5 Å². The molecule has 0 radical (unpaired) electrons. The molecule has 2 fully saturated rings. The Bertz CT molecular complexity index is 719. The second-order valence-corrected chi connectivity index (χ2v) is 8.14. The lowest BCUT2D eigenvalue weighted by molar-refractivity contribution is -0.123. The molecular weight excluding hydrogens is 344 g/mol. The zero-order valence-corrected chi connectivity index (χ0v) is 15.9. The molecule has 138 valence electrons. The van der Waals surface area contributed by atoms with Crippen molar-refractivity contribution in [3.05, 3.63) is 35.7 Å². The van der Waals surface area contributed by atoms with Gasteiger partial charge in [0.15, 0.2) is 5.13 Å². The van der Waals surface area contributed by atoms with Crippen LogP contribution in [0.2, 0.25) is 0 Å². The van der Waals surface area contributed by atoms with Gasteiger partial charge in [-0.05, 0) is 25.7 Å². The number of nitrogens with zero attached hydrogens (tertiary/aromatic N) is 2. The average Bonchev–Trinajstić information content (AvgIpc) is 3.39. The SMILES string of the molecule is O=C(C1CCCCC1)N(C[C@@H]1CCCO1)c1nc(-c2ccccc2)cs1. The molecule has 1 saturated heterocycles. The Kier molecular flexibility index (Phi) is 5.65. The van der Waals surface area contributed by atoms with Gasteiger partial charge in [0.05, 0.1) is 18.3 Å². The molecule has 1 aliphatic heterocycles. The Balaban J connectivity index is 1.57. The van der Waals surface area contributed by atoms with Crippen molar-refractivity contribution >= 4 is 22.4 Å². The second kappa shape index (κ2) is 8.31. The first-order valence-electron chi connectivity index (χ1n) is 9.75. The van der Waals surface area contributed by atoms with Gasteiger partial charge in [-0.1, -0.05) is 49.6 Å². The quantitative estimate of drug-likeness (QED) is 0.751. The lowest BCUT2D eigenvalue weighted by Crippen LogP contribution is -2.41. The topological polar surface area (TPSA) is 42.4 Å². The van der Waals surface area contributed by atoms with Crippen LogP contribution < -0.4 is 4.90 Å². The Hall–Kier alpha value is -1.72. The normalized spacial score (nSPS) is 21.0. The lowest BCUT2D eigenvalue weighted by atomic mass is 9.88. The molecular formula is C21H26N2O2S. The number of rotatable bonds is 5. The van der Waals surface area contributed by atoms with Crippen molar-refractivity contribution in [3.8, 4) is 11.3 Å². The Labute approximate surface area is 159 Å². The Morgan fingerprint density at radius 2 is 1.92 bits per heavy atom. The first kappa shape index (κ1) is 17.7. The fourth-order valence-electron chi connectivity index (χ4n) is 3.95. The van der Waals surface area contributed by atoms with Crippen LogP contribution >= 0.6 is 11.3 Å². The highest BCUT2D eigenvalue weighted by atomic mass is 32.1. The summed E-state index contributed by atoms with van der Waals surface area (Å²) in [4.78, 5) is 20.0. The molecule has 0 spiro atoms. The van der Waals surface area contributed by atoms with Crippen molar-refractivity contribution in [2.45, 2.75) is 51.0 Å². The summed E-state index contributed by atoms with van der Waals surface area (Å²) in [6, 6.07) is 10.2. The van der Waals surface area contributed by atoms with Gasteiger partial charge in [-0.3, -0.25) is 9.69 Å². The maximum absolute atomic E-state index is 13.3. The highest BCUT2D eigenvalue weighted by molar-refractivity contribution is 7.14. The summed E-state index contributed by atoms with van der Waals surface area (Å²) >= 11 is 1.57. The maximum atomic E-state index is 13.3. The number of carbonyl (C=O) groups excluding carboxylic acids is 1. The molecule has 0 bridgehead atoms. The number of hydrogen-bond acceptors (Lipinski definition) is 4. The number of ether oxygens (including phenoxy) is 1. The van der Waals surface area contributed by atoms with E-state index in [1.807, 2.05) is 23.1 Å². The van der Waals surface area contributed by atoms with Crippen LogP contribution in [-0.2, 0) is 9.53 Å². The van der Waals surface area contributed by atoms with Crippen LogP contribution in [0.5, 0.6) is 0 Å². The van der Waals surface area contributed by atoms with Gasteiger partial charge in [-0.25, -0.2) is 4.98 Å². The molecule has 5 heteroatoms. The van der Waals surface area contributed by atoms with Gasteiger partial charge in [0.2, 0.25) is 5.91 Å². The third kappa shape index (κ3) is 3.99. The first-order chi connectivity index (χ1) is 12.8. The van der Waals surface area contributed by atoms with Crippen LogP contribution in [-0.4, -0.2) is 30.1 Å². The number of amides is 1. The number of carbonyl (C=O) groups is 1. The van der Waals surface area contributed by atoms with Crippen molar-refractivity contribution in [2.24, 2.45) is 5.92 Å². The number of anilines is 1. The molecule has 2 heterocycles. The van der Waals surface area contributed by atoms with Crippen molar-refractivity contribution in [1.82, 2.24) is 4.98 Å². The number of hydrogen-bond donors (Lipinski definition) is 0. The van der Waals surface area contributed by atoms with Gasteiger partial charge in [0.25, 0.3) is 0 Å². The fraction of sp³-hybridized carbons (Fsp3) is 0.524. The summed E-state index contributed by atoms with van der Waals surface area (Å²) in [6.45, 7) is 1.44. The van der Waals surface area contributed by atoms with E-state index in [0.717, 1.165) is 61.5 Å². The van der Waals surface area contributed by atoms with Crippen molar-refractivity contribution in [3.63, 3.8) is 0 Å². The van der Waals surface area contributed by atoms with Gasteiger partial charge >= 0.3 is 0 Å². The van der Waals surface area contributed by atoms with E-state index in [2.05, 4.69) is 17.5 Å². The van der Waals surface area contributed by atoms with E-state index in [4.69, 9.17) is 9.72 Å². The van der Waals surface area contributed by atoms with E-state index < -0.39 is 0 Å². The fourth-order valence-corrected chi connectivity index (χ4v) is 4.80. The van der Waals surface area contributed by atoms with Crippen LogP contribution in [0.3, 0.4) is 0 Å². The van der Waals surface area contributed by atoms with Crippen LogP contribution in [0.15, 0.2) is 35.7 Å². The Morgan fingerprint density at radius 1 is 1.12 bits per heavy atom. The van der Waals surface area contributed by atoms with E-state index in [-0.39, 0.29) is 17.9 Å². The van der Waals surface area contributed by atoms with Crippen molar-refractivity contribution in [2.75, 3.05) is 18.1 Å². The van der Waals surface area contributed by atoms with E-state index in [1.54, 1.807) is 11.3 Å². The van der Waals surface area contributed by atoms with E-state index in [9.17, 15) is 4.79 Å². The summed E-state index contributed by atoms with van der Waals surface area (Å²) in [5.74, 6) is 0.392. The molecule has 1 saturated carbocycles. The molecule has 1 atom stereocenters. The van der Waals surface area contributed by atoms with Crippen LogP contribution in [0.25, 0.3) is 11.3 Å². The van der Waals surface area contributed by atoms with Crippen molar-refractivity contribution < 1.29 is 9.53 Å². The molecule has 0 N–H and O–H groups in total. The molecule has 4 nitrogen and oxygen atoms in total. The highest BCUT2D eigenvalue weighted by Gasteiger charge is 2.31. The number of thiazole rings is 1. The molecule has 1 aromatic heterocycles. The lowest BCUT2D eigenvalue weighted by Gasteiger charge is -2.29. The first-order valence-corrected chi connectivity index (χ1v) is 10.6. The molecule has 4 rings (SSSR count). The van der Waals surface area contributed by atoms with E-state index in [0.29, 0.717) is 6.54 Å². The molecule has 0 unspecified atom stereocenters. The maximum Gasteiger partial charge on any atom is 0.231 e. The largest absolute Gasteiger partial charge is 0.376 e. The highest BCUT2D eigenvalue weighted by Crippen LogP contribution is 2.32. The van der Waals surface area contributed by atoms with Crippen LogP contribution in [0.1, 0.15) is 44.9 Å². The molecule has 1 aliphatic carbocycles. The summed E-state index contributed by atoms with van der Waals surface area (Å²) in [5.41, 5.74) is 2.04. The molecule has 1 aromatic carbocycles. The molecule has 1 amide bonds. The predicted octanol–water partition coefficient (Wildman–Crippen LogP) is 4.90. The summed E-state index contributed by atoms with van der Waals surface area (Å²) in [7, 11) is 0. The summed E-state index contributed by atoms with van der Waals surface area (Å²) < 4.78 is 5.82. The zero-order valence-electron chi connectivity index (χ0n) is 15.1. The second-order valence-electron chi connectivity index (χ2n) is 7.30. The zero-order chi connectivity index (χ0) is 17.8. The molecule has 26 heavy (non-hydrogen) atoms. The van der Waals surface area contributed by atoms with Gasteiger partial charge in [-0.2, -0.15) is 0 Å². The molecule has 2 aliphatic rings. The summed E-state index contributed by atoms with van der Waals surface area (Å²) in [6.07, 6.45) is 7.87. The van der Waals surface area contributed by atoms with Crippen molar-refractivity contribution in [1.29, 1.82) is 0 Å². The standard InChI is InChI=1S/C21H26N2O2S/c24-20(17-10-5-2-6-11-17)23(14-18-12-7-13-25-18)21-22-19(15-26-21)16-8-3-1-4-9-16/h1,3-4,8-9,15,17-18H,2,5-7,10-14H2/t18-/m0/s1. The monoisotopic (exact) mass is 370 g/mol. The minimum absolute atomic E-state index is 0.145. The summed E-state index contributed by atoms with van der Waals surface area (Å²) in [5, 5.41) is 2.87. The van der Waals surface area contributed by atoms with Gasteiger partial charge < -0.3 is 4.74 Å². The minimum atomic E-state index is 0.145. The van der Waals surface area contributed by atoms with Gasteiger partial charge in [0.1, 0.15) is 0 Å². The van der Waals surface area contributed by atoms with Gasteiger partial charge in [-0.15, -0.1) is 11.3 Å². The smallest absolute Gasteiger partial charge is 0.231 e. The van der Waals surface area contributed by atoms with Crippen LogP contribution in [0, 0.1) is 5.92 Å². The molecule has 2 aromatic rings. The van der Waals surface area contributed by atoms with Crippen LogP contribution in [0.4, 0.5) is 5.13 Å². The number of benzene rings is 1. The third-order valence-corrected chi connectivity index (χ3v) is 6.29. The number of aromatic nitrogens is 1. The van der Waals surface area contributed by atoms with E-state index in [1.165, 1.54) is 6.42 Å². The predicted molar refractivity (Wildman–Crippen MR) is 105 cm³/mol. The van der Waals surface area contributed by atoms with E-state index >= 15 is 0 Å². The minimum Gasteiger partial charge on any atom is -0.376 e. The average molecular weight is 371 g/mol. The Morgan fingerprint density at radius 3 is 2.65 bits per heavy atom. The third-order valence-electron chi connectivity index (χ3n) is 5.42.